The smallest absolute Gasteiger partial charge is 0.303 e. The lowest BCUT2D eigenvalue weighted by Crippen LogP contribution is -1.93. The molecule has 0 spiro atoms. The Morgan fingerprint density at radius 2 is 1.25 bits per heavy atom. The number of carboxylic acids is 1. The predicted molar refractivity (Wildman–Crippen MR) is 87.0 cm³/mol. The van der Waals surface area contributed by atoms with Gasteiger partial charge in [-0.3, -0.25) is 4.79 Å². The van der Waals surface area contributed by atoms with E-state index in [1.54, 1.807) is 0 Å². The van der Waals surface area contributed by atoms with Crippen LogP contribution in [0.25, 0.3) is 0 Å². The van der Waals surface area contributed by atoms with Crippen molar-refractivity contribution in [2.24, 2.45) is 0 Å². The van der Waals surface area contributed by atoms with Crippen molar-refractivity contribution in [3.05, 3.63) is 24.3 Å². The summed E-state index contributed by atoms with van der Waals surface area (Å²) in [5.41, 5.74) is 0. The number of carbonyl (C=O) groups is 1. The molecule has 116 valence electrons. The van der Waals surface area contributed by atoms with E-state index in [9.17, 15) is 4.79 Å². The van der Waals surface area contributed by atoms with Gasteiger partial charge < -0.3 is 5.11 Å². The van der Waals surface area contributed by atoms with Crippen LogP contribution in [-0.2, 0) is 4.79 Å². The van der Waals surface area contributed by atoms with E-state index in [1.807, 2.05) is 0 Å². The lowest BCUT2D eigenvalue weighted by molar-refractivity contribution is -0.137. The van der Waals surface area contributed by atoms with Crippen molar-refractivity contribution >= 4 is 5.97 Å². The highest BCUT2D eigenvalue weighted by atomic mass is 16.4. The van der Waals surface area contributed by atoms with E-state index in [4.69, 9.17) is 5.11 Å². The molecule has 0 heterocycles. The summed E-state index contributed by atoms with van der Waals surface area (Å²) in [6.45, 7) is 2.17. The molecule has 1 N–H and O–H groups in total. The number of carboxylic acid groups (broad SMARTS) is 1. The highest BCUT2D eigenvalue weighted by Gasteiger charge is 1.96. The summed E-state index contributed by atoms with van der Waals surface area (Å²) < 4.78 is 0. The molecule has 20 heavy (non-hydrogen) atoms. The molecule has 0 saturated heterocycles. The summed E-state index contributed by atoms with van der Waals surface area (Å²) in [6, 6.07) is 0. The van der Waals surface area contributed by atoms with Gasteiger partial charge in [0.15, 0.2) is 0 Å². The molecule has 0 aromatic rings. The molecule has 0 unspecified atom stereocenters. The fourth-order valence-corrected chi connectivity index (χ4v) is 2.13. The van der Waals surface area contributed by atoms with Crippen LogP contribution in [0.2, 0.25) is 0 Å². The molecule has 0 aromatic heterocycles. The van der Waals surface area contributed by atoms with Gasteiger partial charge in [0.05, 0.1) is 0 Å². The zero-order valence-electron chi connectivity index (χ0n) is 13.2. The Morgan fingerprint density at radius 1 is 0.750 bits per heavy atom. The fraction of sp³-hybridized carbons (Fsp3) is 0.722. The lowest BCUT2D eigenvalue weighted by Gasteiger charge is -2.00. The van der Waals surface area contributed by atoms with E-state index in [-0.39, 0.29) is 0 Å². The molecule has 0 aliphatic carbocycles. The quantitative estimate of drug-likeness (QED) is 0.318. The standard InChI is InChI=1S/C18H32O2/c1-2-3-4-5-6-7-8-9-10-11-12-13-14-15-16-17-18(19)20/h3-4,7-8H,2,5-6,9-17H2,1H3,(H,19,20). The molecule has 0 bridgehead atoms. The van der Waals surface area contributed by atoms with Gasteiger partial charge >= 0.3 is 5.97 Å². The number of rotatable bonds is 14. The molecule has 0 radical (unpaired) electrons. The van der Waals surface area contributed by atoms with Crippen LogP contribution in [0.15, 0.2) is 24.3 Å². The molecule has 0 saturated carbocycles. The Labute approximate surface area is 125 Å². The second-order valence-corrected chi connectivity index (χ2v) is 5.34. The third kappa shape index (κ3) is 16.9. The summed E-state index contributed by atoms with van der Waals surface area (Å²) >= 11 is 0. The maximum atomic E-state index is 10.3. The molecule has 0 aliphatic rings. The van der Waals surface area contributed by atoms with Crippen molar-refractivity contribution in [3.63, 3.8) is 0 Å². The first-order valence-electron chi connectivity index (χ1n) is 8.29. The lowest BCUT2D eigenvalue weighted by atomic mass is 10.1. The first kappa shape index (κ1) is 18.9. The molecular formula is C18H32O2. The maximum Gasteiger partial charge on any atom is 0.303 e. The van der Waals surface area contributed by atoms with Crippen LogP contribution in [0.1, 0.15) is 84.0 Å². The maximum absolute atomic E-state index is 10.3. The van der Waals surface area contributed by atoms with E-state index in [0.29, 0.717) is 6.42 Å². The number of hydrogen-bond acceptors (Lipinski definition) is 1. The minimum atomic E-state index is -0.665. The zero-order chi connectivity index (χ0) is 14.9. The number of unbranched alkanes of at least 4 members (excludes halogenated alkanes) is 8. The Kier molecular flexibility index (Phi) is 15.2. The van der Waals surface area contributed by atoms with Gasteiger partial charge in [-0.2, -0.15) is 0 Å². The Hall–Kier alpha value is -1.05. The highest BCUT2D eigenvalue weighted by molar-refractivity contribution is 5.66. The molecule has 0 rings (SSSR count). The van der Waals surface area contributed by atoms with Crippen LogP contribution in [0.4, 0.5) is 0 Å². The topological polar surface area (TPSA) is 37.3 Å². The number of aliphatic carboxylic acids is 1. The Bertz CT molecular complexity index is 267. The van der Waals surface area contributed by atoms with Gasteiger partial charge in [-0.1, -0.05) is 63.3 Å². The van der Waals surface area contributed by atoms with E-state index >= 15 is 0 Å². The average Bonchev–Trinajstić information content (AvgIpc) is 2.43. The highest BCUT2D eigenvalue weighted by Crippen LogP contribution is 2.10. The molecule has 0 atom stereocenters. The normalized spacial score (nSPS) is 11.7. The molecule has 0 aromatic carbocycles. The molecule has 0 aliphatic heterocycles. The second-order valence-electron chi connectivity index (χ2n) is 5.34. The SMILES string of the molecule is CCC=CCCC=CCCCCCCCCCC(=O)O. The van der Waals surface area contributed by atoms with E-state index in [1.165, 1.54) is 51.4 Å². The van der Waals surface area contributed by atoms with Gasteiger partial charge in [0, 0.05) is 6.42 Å². The van der Waals surface area contributed by atoms with Crippen LogP contribution >= 0.6 is 0 Å². The van der Waals surface area contributed by atoms with Crippen molar-refractivity contribution in [1.29, 1.82) is 0 Å². The van der Waals surface area contributed by atoms with Gasteiger partial charge in [-0.15, -0.1) is 0 Å². The third-order valence-corrected chi connectivity index (χ3v) is 3.33. The molecule has 2 heteroatoms. The van der Waals surface area contributed by atoms with Gasteiger partial charge in [0.25, 0.3) is 0 Å². The summed E-state index contributed by atoms with van der Waals surface area (Å²) in [5.74, 6) is -0.665. The average molecular weight is 280 g/mol. The zero-order valence-corrected chi connectivity index (χ0v) is 13.2. The number of hydrogen-bond donors (Lipinski definition) is 1. The van der Waals surface area contributed by atoms with E-state index in [2.05, 4.69) is 31.2 Å². The van der Waals surface area contributed by atoms with Crippen molar-refractivity contribution in [3.8, 4) is 0 Å². The van der Waals surface area contributed by atoms with Crippen LogP contribution in [0, 0.1) is 0 Å². The molecular weight excluding hydrogens is 248 g/mol. The van der Waals surface area contributed by atoms with Gasteiger partial charge in [-0.25, -0.2) is 0 Å². The van der Waals surface area contributed by atoms with Gasteiger partial charge in [0.1, 0.15) is 0 Å². The van der Waals surface area contributed by atoms with E-state index < -0.39 is 5.97 Å². The predicted octanol–water partition coefficient (Wildman–Crippen LogP) is 5.88. The van der Waals surface area contributed by atoms with Crippen LogP contribution in [0.5, 0.6) is 0 Å². The van der Waals surface area contributed by atoms with Crippen molar-refractivity contribution < 1.29 is 9.90 Å². The summed E-state index contributed by atoms with van der Waals surface area (Å²) in [5, 5.41) is 8.51. The minimum Gasteiger partial charge on any atom is -0.481 e. The van der Waals surface area contributed by atoms with Crippen LogP contribution in [-0.4, -0.2) is 11.1 Å². The van der Waals surface area contributed by atoms with Crippen molar-refractivity contribution in [2.45, 2.75) is 84.0 Å². The largest absolute Gasteiger partial charge is 0.481 e. The third-order valence-electron chi connectivity index (χ3n) is 3.33. The van der Waals surface area contributed by atoms with Gasteiger partial charge in [0.2, 0.25) is 0 Å². The Morgan fingerprint density at radius 3 is 1.85 bits per heavy atom. The number of allylic oxidation sites excluding steroid dienone is 4. The van der Waals surface area contributed by atoms with Crippen LogP contribution in [0.3, 0.4) is 0 Å². The van der Waals surface area contributed by atoms with Crippen molar-refractivity contribution in [1.82, 2.24) is 0 Å². The van der Waals surface area contributed by atoms with E-state index in [0.717, 1.165) is 19.3 Å². The second kappa shape index (κ2) is 16.0. The molecule has 2 nitrogen and oxygen atoms in total. The van der Waals surface area contributed by atoms with Crippen molar-refractivity contribution in [2.75, 3.05) is 0 Å². The first-order valence-corrected chi connectivity index (χ1v) is 8.29. The monoisotopic (exact) mass is 280 g/mol. The summed E-state index contributed by atoms with van der Waals surface area (Å²) in [6.07, 6.45) is 22.3. The molecule has 0 amide bonds. The van der Waals surface area contributed by atoms with Gasteiger partial charge in [-0.05, 0) is 38.5 Å². The summed E-state index contributed by atoms with van der Waals surface area (Å²) in [7, 11) is 0. The summed E-state index contributed by atoms with van der Waals surface area (Å²) in [4.78, 5) is 10.3. The van der Waals surface area contributed by atoms with Crippen LogP contribution < -0.4 is 0 Å². The molecule has 0 fully saturated rings. The fourth-order valence-electron chi connectivity index (χ4n) is 2.13. The Balaban J connectivity index is 3.10. The first-order chi connectivity index (χ1) is 9.77. The minimum absolute atomic E-state index is 0.332.